The third kappa shape index (κ3) is 3.37. The van der Waals surface area contributed by atoms with E-state index in [-0.39, 0.29) is 18.2 Å². The third-order valence-electron chi connectivity index (χ3n) is 2.47. The molecule has 0 saturated carbocycles. The van der Waals surface area contributed by atoms with Crippen LogP contribution >= 0.6 is 0 Å². The average molecular weight is 282 g/mol. The fourth-order valence-electron chi connectivity index (χ4n) is 1.46. The SMILES string of the molecule is Cn1ccc(CNS(=O)(=O)c2ccc(CO)cn2)n1. The summed E-state index contributed by atoms with van der Waals surface area (Å²) in [4.78, 5) is 3.80. The second-order valence-electron chi connectivity index (χ2n) is 3.97. The maximum atomic E-state index is 11.9. The van der Waals surface area contributed by atoms with Crippen molar-refractivity contribution < 1.29 is 13.5 Å². The van der Waals surface area contributed by atoms with Crippen molar-refractivity contribution in [3.8, 4) is 0 Å². The van der Waals surface area contributed by atoms with Gasteiger partial charge in [-0.1, -0.05) is 6.07 Å². The van der Waals surface area contributed by atoms with Crippen molar-refractivity contribution in [1.82, 2.24) is 19.5 Å². The van der Waals surface area contributed by atoms with Crippen LogP contribution in [-0.4, -0.2) is 28.3 Å². The second kappa shape index (κ2) is 5.47. The van der Waals surface area contributed by atoms with Gasteiger partial charge in [0.05, 0.1) is 18.8 Å². The number of aromatic nitrogens is 3. The molecule has 8 heteroatoms. The van der Waals surface area contributed by atoms with Crippen molar-refractivity contribution in [1.29, 1.82) is 0 Å². The van der Waals surface area contributed by atoms with E-state index in [1.54, 1.807) is 24.0 Å². The molecular formula is C11H14N4O3S. The molecule has 19 heavy (non-hydrogen) atoms. The van der Waals surface area contributed by atoms with Crippen LogP contribution in [0, 0.1) is 0 Å². The summed E-state index contributed by atoms with van der Waals surface area (Å²) in [5.74, 6) is 0. The van der Waals surface area contributed by atoms with Gasteiger partial charge in [0.2, 0.25) is 0 Å². The predicted molar refractivity (Wildman–Crippen MR) is 67.4 cm³/mol. The Labute approximate surface area is 111 Å². The van der Waals surface area contributed by atoms with Crippen LogP contribution in [-0.2, 0) is 30.2 Å². The maximum absolute atomic E-state index is 11.9. The van der Waals surface area contributed by atoms with Gasteiger partial charge in [0.1, 0.15) is 0 Å². The number of hydrogen-bond acceptors (Lipinski definition) is 5. The fourth-order valence-corrected chi connectivity index (χ4v) is 2.39. The summed E-state index contributed by atoms with van der Waals surface area (Å²) in [7, 11) is -1.91. The molecule has 2 heterocycles. The van der Waals surface area contributed by atoms with Crippen LogP contribution in [0.15, 0.2) is 35.6 Å². The number of aliphatic hydroxyl groups excluding tert-OH is 1. The first-order valence-corrected chi connectivity index (χ1v) is 7.03. The van der Waals surface area contributed by atoms with Crippen molar-refractivity contribution in [2.75, 3.05) is 0 Å². The highest BCUT2D eigenvalue weighted by Crippen LogP contribution is 2.07. The lowest BCUT2D eigenvalue weighted by Crippen LogP contribution is -2.24. The van der Waals surface area contributed by atoms with Crippen molar-refractivity contribution in [2.45, 2.75) is 18.2 Å². The van der Waals surface area contributed by atoms with E-state index in [0.717, 1.165) is 0 Å². The molecule has 0 aliphatic rings. The molecule has 0 fully saturated rings. The summed E-state index contributed by atoms with van der Waals surface area (Å²) in [6.45, 7) is -0.0682. The van der Waals surface area contributed by atoms with Crippen molar-refractivity contribution >= 4 is 10.0 Å². The molecule has 0 bridgehead atoms. The number of rotatable bonds is 5. The summed E-state index contributed by atoms with van der Waals surface area (Å²) >= 11 is 0. The zero-order valence-corrected chi connectivity index (χ0v) is 11.1. The second-order valence-corrected chi connectivity index (χ2v) is 5.68. The molecule has 2 N–H and O–H groups in total. The van der Waals surface area contributed by atoms with Crippen LogP contribution in [0.1, 0.15) is 11.3 Å². The third-order valence-corrected chi connectivity index (χ3v) is 3.78. The van der Waals surface area contributed by atoms with Gasteiger partial charge < -0.3 is 5.11 Å². The first kappa shape index (κ1) is 13.7. The molecule has 7 nitrogen and oxygen atoms in total. The minimum atomic E-state index is -3.67. The number of aliphatic hydroxyl groups is 1. The minimum Gasteiger partial charge on any atom is -0.392 e. The Morgan fingerprint density at radius 2 is 2.16 bits per heavy atom. The molecule has 2 aromatic heterocycles. The lowest BCUT2D eigenvalue weighted by atomic mass is 10.3. The fraction of sp³-hybridized carbons (Fsp3) is 0.273. The summed E-state index contributed by atoms with van der Waals surface area (Å²) in [5, 5.41) is 12.9. The van der Waals surface area contributed by atoms with Crippen molar-refractivity contribution in [3.05, 3.63) is 41.9 Å². The van der Waals surface area contributed by atoms with E-state index in [9.17, 15) is 8.42 Å². The van der Waals surface area contributed by atoms with Gasteiger partial charge in [-0.25, -0.2) is 18.1 Å². The number of nitrogens with zero attached hydrogens (tertiary/aromatic N) is 3. The first-order chi connectivity index (χ1) is 9.01. The first-order valence-electron chi connectivity index (χ1n) is 5.55. The molecule has 0 spiro atoms. The molecule has 0 aromatic carbocycles. The van der Waals surface area contributed by atoms with E-state index in [1.165, 1.54) is 18.3 Å². The van der Waals surface area contributed by atoms with Gasteiger partial charge in [-0.05, 0) is 17.7 Å². The number of pyridine rings is 1. The van der Waals surface area contributed by atoms with E-state index in [1.807, 2.05) is 0 Å². The largest absolute Gasteiger partial charge is 0.392 e. The lowest BCUT2D eigenvalue weighted by Gasteiger charge is -2.05. The molecule has 2 rings (SSSR count). The Morgan fingerprint density at radius 1 is 1.37 bits per heavy atom. The van der Waals surface area contributed by atoms with Gasteiger partial charge in [-0.15, -0.1) is 0 Å². The van der Waals surface area contributed by atoms with Crippen LogP contribution in [0.5, 0.6) is 0 Å². The Balaban J connectivity index is 2.09. The number of sulfonamides is 1. The van der Waals surface area contributed by atoms with Crippen LogP contribution in [0.25, 0.3) is 0 Å². The van der Waals surface area contributed by atoms with Gasteiger partial charge in [-0.2, -0.15) is 5.10 Å². The van der Waals surface area contributed by atoms with Gasteiger partial charge in [-0.3, -0.25) is 4.68 Å². The number of hydrogen-bond donors (Lipinski definition) is 2. The van der Waals surface area contributed by atoms with E-state index >= 15 is 0 Å². The van der Waals surface area contributed by atoms with Crippen LogP contribution < -0.4 is 4.72 Å². The highest BCUT2D eigenvalue weighted by atomic mass is 32.2. The van der Waals surface area contributed by atoms with Gasteiger partial charge in [0.15, 0.2) is 5.03 Å². The molecule has 0 aliphatic carbocycles. The van der Waals surface area contributed by atoms with Crippen LogP contribution in [0.2, 0.25) is 0 Å². The normalized spacial score (nSPS) is 11.7. The zero-order valence-electron chi connectivity index (χ0n) is 10.3. The van der Waals surface area contributed by atoms with Gasteiger partial charge in [0.25, 0.3) is 10.0 Å². The lowest BCUT2D eigenvalue weighted by molar-refractivity contribution is 0.281. The predicted octanol–water partition coefficient (Wildman–Crippen LogP) is -0.214. The highest BCUT2D eigenvalue weighted by Gasteiger charge is 2.15. The van der Waals surface area contributed by atoms with E-state index < -0.39 is 10.0 Å². The minimum absolute atomic E-state index is 0.0827. The summed E-state index contributed by atoms with van der Waals surface area (Å²) in [5.41, 5.74) is 1.18. The molecule has 0 radical (unpaired) electrons. The Morgan fingerprint density at radius 3 is 2.68 bits per heavy atom. The molecule has 102 valence electrons. The summed E-state index contributed by atoms with van der Waals surface area (Å²) in [6.07, 6.45) is 3.06. The van der Waals surface area contributed by atoms with E-state index in [0.29, 0.717) is 11.3 Å². The number of aryl methyl sites for hydroxylation is 1. The topological polar surface area (TPSA) is 97.1 Å². The molecule has 0 saturated heterocycles. The van der Waals surface area contributed by atoms with Gasteiger partial charge in [0, 0.05) is 19.4 Å². The Hall–Kier alpha value is -1.77. The summed E-state index contributed by atoms with van der Waals surface area (Å²) < 4.78 is 27.9. The van der Waals surface area contributed by atoms with Crippen molar-refractivity contribution in [3.63, 3.8) is 0 Å². The molecule has 0 atom stereocenters. The van der Waals surface area contributed by atoms with Crippen LogP contribution in [0.4, 0.5) is 0 Å². The molecular weight excluding hydrogens is 268 g/mol. The van der Waals surface area contributed by atoms with E-state index in [4.69, 9.17) is 5.11 Å². The van der Waals surface area contributed by atoms with E-state index in [2.05, 4.69) is 14.8 Å². The monoisotopic (exact) mass is 282 g/mol. The molecule has 0 amide bonds. The van der Waals surface area contributed by atoms with Crippen molar-refractivity contribution in [2.24, 2.45) is 7.05 Å². The number of nitrogens with one attached hydrogen (secondary N) is 1. The Kier molecular flexibility index (Phi) is 3.93. The average Bonchev–Trinajstić information content (AvgIpc) is 2.82. The smallest absolute Gasteiger partial charge is 0.258 e. The standard InChI is InChI=1S/C11H14N4O3S/c1-15-5-4-10(14-15)7-13-19(17,18)11-3-2-9(8-16)6-12-11/h2-6,13,16H,7-8H2,1H3. The van der Waals surface area contributed by atoms with Crippen LogP contribution in [0.3, 0.4) is 0 Å². The zero-order chi connectivity index (χ0) is 13.9. The molecule has 0 unspecified atom stereocenters. The quantitative estimate of drug-likeness (QED) is 0.790. The van der Waals surface area contributed by atoms with Gasteiger partial charge >= 0.3 is 0 Å². The summed E-state index contributed by atoms with van der Waals surface area (Å²) in [6, 6.07) is 4.60. The maximum Gasteiger partial charge on any atom is 0.258 e. The molecule has 0 aliphatic heterocycles. The highest BCUT2D eigenvalue weighted by molar-refractivity contribution is 7.89. The Bertz CT molecular complexity index is 649. The molecule has 2 aromatic rings.